The lowest BCUT2D eigenvalue weighted by molar-refractivity contribution is -0.112. The highest BCUT2D eigenvalue weighted by Gasteiger charge is 2.16. The molecular weight excluding hydrogens is 418 g/mol. The molecule has 0 saturated heterocycles. The van der Waals surface area contributed by atoms with Gasteiger partial charge in [-0.1, -0.05) is 18.2 Å². The van der Waals surface area contributed by atoms with Crippen LogP contribution in [0.1, 0.15) is 5.56 Å². The number of nitrogens with one attached hydrogen (secondary N) is 2. The second-order valence-corrected chi connectivity index (χ2v) is 7.75. The highest BCUT2D eigenvalue weighted by Crippen LogP contribution is 2.21. The maximum atomic E-state index is 12.5. The number of anilines is 2. The lowest BCUT2D eigenvalue weighted by Gasteiger charge is -2.08. The third-order valence-electron chi connectivity index (χ3n) is 4.02. The molecule has 0 aliphatic rings. The summed E-state index contributed by atoms with van der Waals surface area (Å²) in [6, 6.07) is 15.8. The van der Waals surface area contributed by atoms with Gasteiger partial charge in [0.2, 0.25) is 5.95 Å². The zero-order valence-corrected chi connectivity index (χ0v) is 17.1. The summed E-state index contributed by atoms with van der Waals surface area (Å²) in [5, 5.41) is 11.9. The summed E-state index contributed by atoms with van der Waals surface area (Å²) in [7, 11) is -2.40. The van der Waals surface area contributed by atoms with E-state index in [0.717, 1.165) is 0 Å². The number of benzene rings is 2. The molecule has 0 unspecified atom stereocenters. The Kier molecular flexibility index (Phi) is 6.59. The SMILES string of the molecule is COc1ccccc1/C=C(\C#N)C(=O)Nc1ccc(S(=O)(=O)Nc2ncccn2)cc1. The summed E-state index contributed by atoms with van der Waals surface area (Å²) in [5.41, 5.74) is 0.762. The molecule has 0 aliphatic carbocycles. The van der Waals surface area contributed by atoms with E-state index in [1.807, 2.05) is 6.07 Å². The number of hydrogen-bond acceptors (Lipinski definition) is 7. The molecule has 0 aliphatic heterocycles. The van der Waals surface area contributed by atoms with Crippen LogP contribution in [0.15, 0.2) is 77.5 Å². The van der Waals surface area contributed by atoms with E-state index in [-0.39, 0.29) is 16.4 Å². The zero-order chi connectivity index (χ0) is 22.3. The first-order valence-corrected chi connectivity index (χ1v) is 10.4. The molecule has 1 heterocycles. The average Bonchev–Trinajstić information content (AvgIpc) is 2.78. The van der Waals surface area contributed by atoms with Crippen LogP contribution in [0.25, 0.3) is 6.08 Å². The van der Waals surface area contributed by atoms with Gasteiger partial charge in [0.05, 0.1) is 12.0 Å². The topological polar surface area (TPSA) is 134 Å². The van der Waals surface area contributed by atoms with Gasteiger partial charge < -0.3 is 10.1 Å². The Morgan fingerprint density at radius 1 is 1.06 bits per heavy atom. The summed E-state index contributed by atoms with van der Waals surface area (Å²) in [5.74, 6) is -0.174. The summed E-state index contributed by atoms with van der Waals surface area (Å²) >= 11 is 0. The van der Waals surface area contributed by atoms with E-state index < -0.39 is 15.9 Å². The molecule has 10 heteroatoms. The first-order valence-electron chi connectivity index (χ1n) is 8.89. The standard InChI is InChI=1S/C21H17N5O4S/c1-30-19-6-3-2-5-15(19)13-16(14-22)20(27)25-17-7-9-18(10-8-17)31(28,29)26-21-23-11-4-12-24-21/h2-13H,1H3,(H,25,27)(H,23,24,26)/b16-13+. The van der Waals surface area contributed by atoms with Crippen molar-refractivity contribution in [2.75, 3.05) is 17.1 Å². The first kappa shape index (κ1) is 21.5. The molecule has 0 fully saturated rings. The quantitative estimate of drug-likeness (QED) is 0.430. The molecule has 1 amide bonds. The number of amides is 1. The van der Waals surface area contributed by atoms with Crippen LogP contribution < -0.4 is 14.8 Å². The van der Waals surface area contributed by atoms with E-state index >= 15 is 0 Å². The molecule has 9 nitrogen and oxygen atoms in total. The van der Waals surface area contributed by atoms with Crippen molar-refractivity contribution < 1.29 is 17.9 Å². The van der Waals surface area contributed by atoms with Crippen LogP contribution in [0, 0.1) is 11.3 Å². The minimum Gasteiger partial charge on any atom is -0.496 e. The van der Waals surface area contributed by atoms with Gasteiger partial charge in [-0.25, -0.2) is 23.1 Å². The van der Waals surface area contributed by atoms with E-state index in [2.05, 4.69) is 20.0 Å². The van der Waals surface area contributed by atoms with E-state index in [1.165, 1.54) is 49.8 Å². The minimum absolute atomic E-state index is 0.0389. The predicted octanol–water partition coefficient (Wildman–Crippen LogP) is 2.83. The third kappa shape index (κ3) is 5.43. The van der Waals surface area contributed by atoms with Gasteiger partial charge in [0.25, 0.3) is 15.9 Å². The second-order valence-electron chi connectivity index (χ2n) is 6.07. The number of carbonyl (C=O) groups excluding carboxylic acids is 1. The first-order chi connectivity index (χ1) is 14.9. The molecular formula is C21H17N5O4S. The van der Waals surface area contributed by atoms with Crippen LogP contribution in [-0.4, -0.2) is 31.4 Å². The Labute approximate surface area is 179 Å². The fourth-order valence-electron chi connectivity index (χ4n) is 2.54. The van der Waals surface area contributed by atoms with Crippen LogP contribution >= 0.6 is 0 Å². The number of methoxy groups -OCH3 is 1. The third-order valence-corrected chi connectivity index (χ3v) is 5.36. The van der Waals surface area contributed by atoms with E-state index in [4.69, 9.17) is 4.74 Å². The lowest BCUT2D eigenvalue weighted by Crippen LogP contribution is -2.16. The number of nitriles is 1. The molecule has 3 aromatic rings. The van der Waals surface area contributed by atoms with Gasteiger partial charge in [-0.2, -0.15) is 5.26 Å². The number of aromatic nitrogens is 2. The van der Waals surface area contributed by atoms with Crippen LogP contribution in [0.2, 0.25) is 0 Å². The Morgan fingerprint density at radius 3 is 2.39 bits per heavy atom. The Morgan fingerprint density at radius 2 is 1.74 bits per heavy atom. The van der Waals surface area contributed by atoms with Crippen LogP contribution in [0.3, 0.4) is 0 Å². The van der Waals surface area contributed by atoms with Gasteiger partial charge in [0.15, 0.2) is 0 Å². The molecule has 156 valence electrons. The number of rotatable bonds is 7. The Balaban J connectivity index is 1.75. The molecule has 0 bridgehead atoms. The normalized spacial score (nSPS) is 11.3. The van der Waals surface area contributed by atoms with Gasteiger partial charge >= 0.3 is 0 Å². The predicted molar refractivity (Wildman–Crippen MR) is 114 cm³/mol. The molecule has 2 aromatic carbocycles. The lowest BCUT2D eigenvalue weighted by atomic mass is 10.1. The molecule has 0 radical (unpaired) electrons. The van der Waals surface area contributed by atoms with Gasteiger partial charge in [-0.05, 0) is 42.5 Å². The Bertz CT molecular complexity index is 1250. The molecule has 0 spiro atoms. The second kappa shape index (κ2) is 9.51. The van der Waals surface area contributed by atoms with Crippen molar-refractivity contribution in [1.29, 1.82) is 5.26 Å². The highest BCUT2D eigenvalue weighted by atomic mass is 32.2. The minimum atomic E-state index is -3.89. The summed E-state index contributed by atoms with van der Waals surface area (Å²) in [6.45, 7) is 0. The van der Waals surface area contributed by atoms with Gasteiger partial charge in [0, 0.05) is 23.6 Å². The van der Waals surface area contributed by atoms with Crippen molar-refractivity contribution in [1.82, 2.24) is 9.97 Å². The van der Waals surface area contributed by atoms with Crippen LogP contribution in [0.5, 0.6) is 5.75 Å². The summed E-state index contributed by atoms with van der Waals surface area (Å²) in [6.07, 6.45) is 4.24. The maximum absolute atomic E-state index is 12.5. The maximum Gasteiger partial charge on any atom is 0.266 e. The van der Waals surface area contributed by atoms with Gasteiger partial charge in [-0.3, -0.25) is 4.79 Å². The monoisotopic (exact) mass is 435 g/mol. The van der Waals surface area contributed by atoms with Gasteiger partial charge in [-0.15, -0.1) is 0 Å². The largest absolute Gasteiger partial charge is 0.496 e. The van der Waals surface area contributed by atoms with E-state index in [0.29, 0.717) is 17.0 Å². The molecule has 2 N–H and O–H groups in total. The van der Waals surface area contributed by atoms with Crippen molar-refractivity contribution in [3.05, 3.63) is 78.1 Å². The zero-order valence-electron chi connectivity index (χ0n) is 16.3. The molecule has 0 saturated carbocycles. The van der Waals surface area contributed by atoms with Crippen molar-refractivity contribution in [2.45, 2.75) is 4.90 Å². The fraction of sp³-hybridized carbons (Fsp3) is 0.0476. The summed E-state index contributed by atoms with van der Waals surface area (Å²) < 4.78 is 32.3. The number of ether oxygens (including phenoxy) is 1. The van der Waals surface area contributed by atoms with E-state index in [9.17, 15) is 18.5 Å². The Hall–Kier alpha value is -4.23. The van der Waals surface area contributed by atoms with Crippen molar-refractivity contribution >= 4 is 33.6 Å². The van der Waals surface area contributed by atoms with Gasteiger partial charge in [0.1, 0.15) is 17.4 Å². The van der Waals surface area contributed by atoms with Crippen LogP contribution in [-0.2, 0) is 14.8 Å². The number of nitrogens with zero attached hydrogens (tertiary/aromatic N) is 3. The molecule has 31 heavy (non-hydrogen) atoms. The number of sulfonamides is 1. The van der Waals surface area contributed by atoms with Crippen LogP contribution in [0.4, 0.5) is 11.6 Å². The van der Waals surface area contributed by atoms with Crippen molar-refractivity contribution in [2.24, 2.45) is 0 Å². The molecule has 3 rings (SSSR count). The van der Waals surface area contributed by atoms with Crippen molar-refractivity contribution in [3.63, 3.8) is 0 Å². The highest BCUT2D eigenvalue weighted by molar-refractivity contribution is 7.92. The van der Waals surface area contributed by atoms with E-state index in [1.54, 1.807) is 30.3 Å². The number of hydrogen-bond donors (Lipinski definition) is 2. The summed E-state index contributed by atoms with van der Waals surface area (Å²) in [4.78, 5) is 20.1. The number of carbonyl (C=O) groups is 1. The smallest absolute Gasteiger partial charge is 0.266 e. The fourth-order valence-corrected chi connectivity index (χ4v) is 3.49. The molecule has 0 atom stereocenters. The number of para-hydroxylation sites is 1. The molecule has 1 aromatic heterocycles. The van der Waals surface area contributed by atoms with Crippen molar-refractivity contribution in [3.8, 4) is 11.8 Å². The average molecular weight is 435 g/mol.